The van der Waals surface area contributed by atoms with Crippen molar-refractivity contribution in [3.63, 3.8) is 0 Å². The third-order valence-corrected chi connectivity index (χ3v) is 2.32. The third kappa shape index (κ3) is 2.00. The Morgan fingerprint density at radius 3 is 2.83 bits per heavy atom. The summed E-state index contributed by atoms with van der Waals surface area (Å²) in [5.74, 6) is 0.249. The first kappa shape index (κ1) is 9.10. The number of piperidine rings is 1. The van der Waals surface area contributed by atoms with Crippen LogP contribution in [0.2, 0.25) is 0 Å². The first-order valence-corrected chi connectivity index (χ1v) is 4.35. The maximum absolute atomic E-state index is 10.8. The molecule has 0 aromatic heterocycles. The van der Waals surface area contributed by atoms with Crippen LogP contribution in [0.25, 0.3) is 0 Å². The molecule has 1 fully saturated rings. The molecule has 2 N–H and O–H groups in total. The summed E-state index contributed by atoms with van der Waals surface area (Å²) in [5.41, 5.74) is 5.59. The normalized spacial score (nSPS) is 23.8. The minimum atomic E-state index is -0.399. The van der Waals surface area contributed by atoms with E-state index >= 15 is 0 Å². The van der Waals surface area contributed by atoms with E-state index in [-0.39, 0.29) is 0 Å². The monoisotopic (exact) mass is 168 g/mol. The van der Waals surface area contributed by atoms with E-state index in [2.05, 4.69) is 13.5 Å². The number of carbonyl (C=O) groups excluding carboxylic acids is 1. The van der Waals surface area contributed by atoms with E-state index in [1.807, 2.05) is 4.90 Å². The Kier molecular flexibility index (Phi) is 2.74. The van der Waals surface area contributed by atoms with Crippen LogP contribution < -0.4 is 5.73 Å². The van der Waals surface area contributed by atoms with E-state index in [1.54, 1.807) is 0 Å². The van der Waals surface area contributed by atoms with Crippen LogP contribution in [0.1, 0.15) is 19.8 Å². The van der Waals surface area contributed by atoms with E-state index in [4.69, 9.17) is 5.73 Å². The molecule has 1 heterocycles. The van der Waals surface area contributed by atoms with Crippen molar-refractivity contribution in [2.45, 2.75) is 19.8 Å². The quantitative estimate of drug-likeness (QED) is 0.617. The van der Waals surface area contributed by atoms with Gasteiger partial charge < -0.3 is 10.6 Å². The third-order valence-electron chi connectivity index (χ3n) is 2.32. The standard InChI is InChI=1S/C9H16N2O/c1-7-4-3-5-11(6-7)8(2)9(10)12/h7H,2-6H2,1H3,(H2,10,12). The number of nitrogens with zero attached hydrogens (tertiary/aromatic N) is 1. The molecule has 1 saturated heterocycles. The van der Waals surface area contributed by atoms with Gasteiger partial charge in [0.2, 0.25) is 0 Å². The van der Waals surface area contributed by atoms with Crippen molar-refractivity contribution in [3.05, 3.63) is 12.3 Å². The van der Waals surface area contributed by atoms with Crippen LogP contribution >= 0.6 is 0 Å². The minimum Gasteiger partial charge on any atom is -0.367 e. The van der Waals surface area contributed by atoms with Crippen LogP contribution in [-0.2, 0) is 4.79 Å². The number of hydrogen-bond acceptors (Lipinski definition) is 2. The van der Waals surface area contributed by atoms with Gasteiger partial charge in [0.25, 0.3) is 5.91 Å². The highest BCUT2D eigenvalue weighted by Crippen LogP contribution is 2.18. The number of amides is 1. The van der Waals surface area contributed by atoms with E-state index in [0.717, 1.165) is 19.5 Å². The average Bonchev–Trinajstić information content (AvgIpc) is 2.03. The molecule has 0 aromatic rings. The second-order valence-corrected chi connectivity index (χ2v) is 3.50. The lowest BCUT2D eigenvalue weighted by Gasteiger charge is -2.32. The SMILES string of the molecule is C=C(C(N)=O)N1CCCC(C)C1. The molecule has 1 unspecified atom stereocenters. The zero-order valence-electron chi connectivity index (χ0n) is 7.55. The highest BCUT2D eigenvalue weighted by atomic mass is 16.1. The summed E-state index contributed by atoms with van der Waals surface area (Å²) in [4.78, 5) is 12.8. The predicted octanol–water partition coefficient (Wildman–Crippen LogP) is 0.717. The molecule has 0 bridgehead atoms. The van der Waals surface area contributed by atoms with Crippen molar-refractivity contribution in [1.82, 2.24) is 4.90 Å². The summed E-state index contributed by atoms with van der Waals surface area (Å²) in [6, 6.07) is 0. The van der Waals surface area contributed by atoms with Crippen LogP contribution in [0.5, 0.6) is 0 Å². The molecule has 1 aliphatic rings. The molecular weight excluding hydrogens is 152 g/mol. The van der Waals surface area contributed by atoms with E-state index < -0.39 is 5.91 Å². The molecule has 0 saturated carbocycles. The fraction of sp³-hybridized carbons (Fsp3) is 0.667. The number of hydrogen-bond donors (Lipinski definition) is 1. The topological polar surface area (TPSA) is 46.3 Å². The molecule has 0 radical (unpaired) electrons. The maximum Gasteiger partial charge on any atom is 0.264 e. The molecule has 0 aromatic carbocycles. The molecule has 1 rings (SSSR count). The lowest BCUT2D eigenvalue weighted by molar-refractivity contribution is -0.116. The largest absolute Gasteiger partial charge is 0.367 e. The van der Waals surface area contributed by atoms with Gasteiger partial charge in [-0.2, -0.15) is 0 Å². The highest BCUT2D eigenvalue weighted by Gasteiger charge is 2.19. The summed E-state index contributed by atoms with van der Waals surface area (Å²) >= 11 is 0. The van der Waals surface area contributed by atoms with Gasteiger partial charge in [-0.25, -0.2) is 0 Å². The van der Waals surface area contributed by atoms with Crippen LogP contribution in [0.4, 0.5) is 0 Å². The molecule has 12 heavy (non-hydrogen) atoms. The van der Waals surface area contributed by atoms with Crippen molar-refractivity contribution < 1.29 is 4.79 Å². The summed E-state index contributed by atoms with van der Waals surface area (Å²) in [6.45, 7) is 7.69. The first-order chi connectivity index (χ1) is 5.61. The van der Waals surface area contributed by atoms with E-state index in [0.29, 0.717) is 11.6 Å². The smallest absolute Gasteiger partial charge is 0.264 e. The van der Waals surface area contributed by atoms with Crippen LogP contribution in [0.15, 0.2) is 12.3 Å². The number of primary amides is 1. The molecule has 1 aliphatic heterocycles. The van der Waals surface area contributed by atoms with Crippen LogP contribution in [-0.4, -0.2) is 23.9 Å². The van der Waals surface area contributed by atoms with Crippen molar-refractivity contribution in [2.75, 3.05) is 13.1 Å². The number of carbonyl (C=O) groups is 1. The second-order valence-electron chi connectivity index (χ2n) is 3.50. The van der Waals surface area contributed by atoms with Gasteiger partial charge in [-0.3, -0.25) is 4.79 Å². The van der Waals surface area contributed by atoms with E-state index in [9.17, 15) is 4.79 Å². The summed E-state index contributed by atoms with van der Waals surface area (Å²) in [7, 11) is 0. The number of likely N-dealkylation sites (tertiary alicyclic amines) is 1. The van der Waals surface area contributed by atoms with Crippen LogP contribution in [0.3, 0.4) is 0 Å². The molecule has 1 atom stereocenters. The Labute approximate surface area is 73.2 Å². The number of rotatable bonds is 2. The Morgan fingerprint density at radius 2 is 2.33 bits per heavy atom. The molecule has 3 nitrogen and oxygen atoms in total. The van der Waals surface area contributed by atoms with Gasteiger partial charge >= 0.3 is 0 Å². The van der Waals surface area contributed by atoms with Crippen LogP contribution in [0, 0.1) is 5.92 Å². The maximum atomic E-state index is 10.8. The molecule has 68 valence electrons. The molecular formula is C9H16N2O. The summed E-state index contributed by atoms with van der Waals surface area (Å²) in [5, 5.41) is 0. The number of nitrogens with two attached hydrogens (primary N) is 1. The fourth-order valence-electron chi connectivity index (χ4n) is 1.59. The molecule has 1 amide bonds. The van der Waals surface area contributed by atoms with Gasteiger partial charge in [0.05, 0.1) is 5.70 Å². The predicted molar refractivity (Wildman–Crippen MR) is 48.3 cm³/mol. The van der Waals surface area contributed by atoms with Crippen molar-refractivity contribution >= 4 is 5.91 Å². The van der Waals surface area contributed by atoms with Gasteiger partial charge in [-0.1, -0.05) is 13.5 Å². The highest BCUT2D eigenvalue weighted by molar-refractivity contribution is 5.90. The first-order valence-electron chi connectivity index (χ1n) is 4.35. The van der Waals surface area contributed by atoms with Gasteiger partial charge in [-0.15, -0.1) is 0 Å². The fourth-order valence-corrected chi connectivity index (χ4v) is 1.59. The van der Waals surface area contributed by atoms with Crippen molar-refractivity contribution in [1.29, 1.82) is 0 Å². The Balaban J connectivity index is 2.51. The molecule has 0 aliphatic carbocycles. The van der Waals surface area contributed by atoms with Crippen molar-refractivity contribution in [2.24, 2.45) is 11.7 Å². The second kappa shape index (κ2) is 3.61. The van der Waals surface area contributed by atoms with Crippen molar-refractivity contribution in [3.8, 4) is 0 Å². The van der Waals surface area contributed by atoms with Gasteiger partial charge in [0.15, 0.2) is 0 Å². The zero-order valence-corrected chi connectivity index (χ0v) is 7.55. The summed E-state index contributed by atoms with van der Waals surface area (Å²) < 4.78 is 0. The van der Waals surface area contributed by atoms with Gasteiger partial charge in [0, 0.05) is 13.1 Å². The zero-order chi connectivity index (χ0) is 9.14. The molecule has 0 spiro atoms. The minimum absolute atomic E-state index is 0.399. The van der Waals surface area contributed by atoms with Gasteiger partial charge in [0.1, 0.15) is 0 Å². The van der Waals surface area contributed by atoms with E-state index in [1.165, 1.54) is 6.42 Å². The Morgan fingerprint density at radius 1 is 1.67 bits per heavy atom. The summed E-state index contributed by atoms with van der Waals surface area (Å²) in [6.07, 6.45) is 2.37. The Hall–Kier alpha value is -0.990. The molecule has 3 heteroatoms. The van der Waals surface area contributed by atoms with Gasteiger partial charge in [-0.05, 0) is 18.8 Å². The lowest BCUT2D eigenvalue weighted by Crippen LogP contribution is -2.37. The average molecular weight is 168 g/mol. The Bertz CT molecular complexity index is 201. The lowest BCUT2D eigenvalue weighted by atomic mass is 10.00.